The first-order valence-electron chi connectivity index (χ1n) is 9.00. The van der Waals surface area contributed by atoms with Crippen LogP contribution in [0.25, 0.3) is 22.6 Å². The smallest absolute Gasteiger partial charge is 0.340 e. The van der Waals surface area contributed by atoms with E-state index in [1.54, 1.807) is 54.6 Å². The molecular formula is C22H17N3O5. The number of methoxy groups -OCH3 is 2. The molecule has 8 nitrogen and oxygen atoms in total. The molecule has 1 amide bonds. The Kier molecular flexibility index (Phi) is 5.13. The van der Waals surface area contributed by atoms with Crippen LogP contribution in [0.5, 0.6) is 5.75 Å². The molecule has 8 heteroatoms. The van der Waals surface area contributed by atoms with Gasteiger partial charge in [-0.1, -0.05) is 18.2 Å². The Labute approximate surface area is 171 Å². The topological polar surface area (TPSA) is 104 Å². The number of nitrogens with zero attached hydrogens (tertiary/aromatic N) is 2. The number of rotatable bonds is 5. The molecule has 4 rings (SSSR count). The molecule has 30 heavy (non-hydrogen) atoms. The predicted molar refractivity (Wildman–Crippen MR) is 110 cm³/mol. The maximum absolute atomic E-state index is 12.7. The molecule has 0 saturated heterocycles. The summed E-state index contributed by atoms with van der Waals surface area (Å²) in [6, 6.07) is 15.2. The van der Waals surface area contributed by atoms with Gasteiger partial charge in [-0.05, 0) is 36.4 Å². The quantitative estimate of drug-likeness (QED) is 0.503. The third-order valence-electron chi connectivity index (χ3n) is 4.44. The van der Waals surface area contributed by atoms with Gasteiger partial charge in [-0.15, -0.1) is 0 Å². The monoisotopic (exact) mass is 403 g/mol. The molecule has 0 atom stereocenters. The first-order valence-corrected chi connectivity index (χ1v) is 9.00. The van der Waals surface area contributed by atoms with Crippen molar-refractivity contribution in [2.45, 2.75) is 0 Å². The first-order chi connectivity index (χ1) is 14.6. The van der Waals surface area contributed by atoms with E-state index in [-0.39, 0.29) is 17.1 Å². The zero-order valence-corrected chi connectivity index (χ0v) is 16.2. The number of nitrogens with one attached hydrogen (secondary N) is 1. The molecule has 150 valence electrons. The molecule has 0 bridgehead atoms. The van der Waals surface area contributed by atoms with Crippen molar-refractivity contribution in [3.8, 4) is 17.2 Å². The Morgan fingerprint density at radius 2 is 1.83 bits per heavy atom. The van der Waals surface area contributed by atoms with E-state index in [0.29, 0.717) is 28.1 Å². The van der Waals surface area contributed by atoms with Gasteiger partial charge in [0.25, 0.3) is 5.91 Å². The molecule has 0 unspecified atom stereocenters. The lowest BCUT2D eigenvalue weighted by atomic mass is 10.1. The van der Waals surface area contributed by atoms with E-state index in [1.165, 1.54) is 20.4 Å². The van der Waals surface area contributed by atoms with Gasteiger partial charge >= 0.3 is 5.97 Å². The van der Waals surface area contributed by atoms with Crippen LogP contribution in [0.4, 0.5) is 5.69 Å². The zero-order valence-electron chi connectivity index (χ0n) is 16.2. The number of para-hydroxylation sites is 2. The number of aromatic nitrogens is 2. The van der Waals surface area contributed by atoms with Gasteiger partial charge in [0, 0.05) is 6.20 Å². The van der Waals surface area contributed by atoms with E-state index in [9.17, 15) is 9.59 Å². The molecule has 0 aliphatic rings. The summed E-state index contributed by atoms with van der Waals surface area (Å²) in [5.41, 5.74) is 2.18. The van der Waals surface area contributed by atoms with Crippen molar-refractivity contribution >= 4 is 28.7 Å². The Balaban J connectivity index is 1.82. The number of anilines is 1. The molecule has 0 radical (unpaired) electrons. The van der Waals surface area contributed by atoms with Crippen LogP contribution in [-0.2, 0) is 4.74 Å². The Morgan fingerprint density at radius 3 is 2.57 bits per heavy atom. The van der Waals surface area contributed by atoms with E-state index >= 15 is 0 Å². The molecule has 0 fully saturated rings. The first kappa shape index (κ1) is 19.1. The average Bonchev–Trinajstić information content (AvgIpc) is 3.23. The number of hydrogen-bond acceptors (Lipinski definition) is 7. The molecule has 4 aromatic rings. The molecular weight excluding hydrogens is 386 g/mol. The number of oxazole rings is 1. The highest BCUT2D eigenvalue weighted by atomic mass is 16.5. The highest BCUT2D eigenvalue weighted by molar-refractivity contribution is 6.06. The zero-order chi connectivity index (χ0) is 21.1. The van der Waals surface area contributed by atoms with Gasteiger partial charge in [-0.25, -0.2) is 9.78 Å². The van der Waals surface area contributed by atoms with Gasteiger partial charge in [0.05, 0.1) is 31.0 Å². The SMILES string of the molecule is COC(=O)c1cccc2oc(-c3cccc(OC)c3NC(=O)c3ccccn3)nc12. The minimum atomic E-state index is -0.519. The Hall–Kier alpha value is -4.20. The fraction of sp³-hybridized carbons (Fsp3) is 0.0909. The van der Waals surface area contributed by atoms with E-state index in [4.69, 9.17) is 13.9 Å². The summed E-state index contributed by atoms with van der Waals surface area (Å²) in [6.45, 7) is 0. The largest absolute Gasteiger partial charge is 0.495 e. The number of amides is 1. The van der Waals surface area contributed by atoms with E-state index < -0.39 is 11.9 Å². The normalized spacial score (nSPS) is 10.6. The Bertz CT molecular complexity index is 1230. The second kappa shape index (κ2) is 8.04. The van der Waals surface area contributed by atoms with Crippen LogP contribution < -0.4 is 10.1 Å². The second-order valence-electron chi connectivity index (χ2n) is 6.21. The van der Waals surface area contributed by atoms with Crippen molar-refractivity contribution in [1.82, 2.24) is 9.97 Å². The molecule has 0 saturated carbocycles. The van der Waals surface area contributed by atoms with Gasteiger partial charge < -0.3 is 19.2 Å². The summed E-state index contributed by atoms with van der Waals surface area (Å²) in [6.07, 6.45) is 1.53. The molecule has 0 spiro atoms. The van der Waals surface area contributed by atoms with Crippen molar-refractivity contribution in [3.63, 3.8) is 0 Å². The fourth-order valence-corrected chi connectivity index (χ4v) is 3.02. The van der Waals surface area contributed by atoms with Crippen molar-refractivity contribution in [2.24, 2.45) is 0 Å². The van der Waals surface area contributed by atoms with Crippen LogP contribution in [0.15, 0.2) is 65.2 Å². The molecule has 0 aliphatic heterocycles. The van der Waals surface area contributed by atoms with Crippen LogP contribution in [0.3, 0.4) is 0 Å². The predicted octanol–water partition coefficient (Wildman–Crippen LogP) is 3.94. The third kappa shape index (κ3) is 3.46. The van der Waals surface area contributed by atoms with Crippen LogP contribution >= 0.6 is 0 Å². The average molecular weight is 403 g/mol. The highest BCUT2D eigenvalue weighted by Gasteiger charge is 2.21. The van der Waals surface area contributed by atoms with Crippen LogP contribution in [0, 0.1) is 0 Å². The second-order valence-corrected chi connectivity index (χ2v) is 6.21. The van der Waals surface area contributed by atoms with Crippen molar-refractivity contribution < 1.29 is 23.5 Å². The number of carbonyl (C=O) groups excluding carboxylic acids is 2. The van der Waals surface area contributed by atoms with Crippen LogP contribution in [-0.4, -0.2) is 36.1 Å². The highest BCUT2D eigenvalue weighted by Crippen LogP contribution is 2.37. The summed E-state index contributed by atoms with van der Waals surface area (Å²) in [5.74, 6) is -0.286. The van der Waals surface area contributed by atoms with E-state index in [0.717, 1.165) is 0 Å². The van der Waals surface area contributed by atoms with E-state index in [2.05, 4.69) is 15.3 Å². The summed E-state index contributed by atoms with van der Waals surface area (Å²) < 4.78 is 16.1. The summed E-state index contributed by atoms with van der Waals surface area (Å²) in [5, 5.41) is 2.82. The number of esters is 1. The number of hydrogen-bond donors (Lipinski definition) is 1. The van der Waals surface area contributed by atoms with Gasteiger partial charge in [0.1, 0.15) is 17.0 Å². The van der Waals surface area contributed by atoms with Crippen molar-refractivity contribution in [2.75, 3.05) is 19.5 Å². The molecule has 2 aromatic heterocycles. The molecule has 0 aliphatic carbocycles. The third-order valence-corrected chi connectivity index (χ3v) is 4.44. The van der Waals surface area contributed by atoms with Gasteiger partial charge in [0.15, 0.2) is 5.58 Å². The van der Waals surface area contributed by atoms with Crippen molar-refractivity contribution in [1.29, 1.82) is 0 Å². The maximum Gasteiger partial charge on any atom is 0.340 e. The van der Waals surface area contributed by atoms with Crippen molar-refractivity contribution in [3.05, 3.63) is 72.1 Å². The fourth-order valence-electron chi connectivity index (χ4n) is 3.02. The van der Waals surface area contributed by atoms with Crippen LogP contribution in [0.1, 0.15) is 20.8 Å². The number of fused-ring (bicyclic) bond motifs is 1. The lowest BCUT2D eigenvalue weighted by molar-refractivity contribution is 0.0602. The Morgan fingerprint density at radius 1 is 1.00 bits per heavy atom. The van der Waals surface area contributed by atoms with Gasteiger partial charge in [-0.3, -0.25) is 9.78 Å². The lowest BCUT2D eigenvalue weighted by Crippen LogP contribution is -2.14. The summed E-state index contributed by atoms with van der Waals surface area (Å²) >= 11 is 0. The number of pyridine rings is 1. The maximum atomic E-state index is 12.7. The number of benzene rings is 2. The number of carbonyl (C=O) groups is 2. The lowest BCUT2D eigenvalue weighted by Gasteiger charge is -2.13. The minimum absolute atomic E-state index is 0.219. The summed E-state index contributed by atoms with van der Waals surface area (Å²) in [4.78, 5) is 33.3. The molecule has 2 heterocycles. The molecule has 2 aromatic carbocycles. The van der Waals surface area contributed by atoms with Gasteiger partial charge in [0.2, 0.25) is 5.89 Å². The minimum Gasteiger partial charge on any atom is -0.495 e. The van der Waals surface area contributed by atoms with Gasteiger partial charge in [-0.2, -0.15) is 0 Å². The van der Waals surface area contributed by atoms with Crippen LogP contribution in [0.2, 0.25) is 0 Å². The number of ether oxygens (including phenoxy) is 2. The standard InChI is InChI=1S/C22H17N3O5/c1-28-16-10-5-7-13(18(16)24-20(26)15-9-3-4-12-23-15)21-25-19-14(22(27)29-2)8-6-11-17(19)30-21/h3-12H,1-2H3,(H,24,26). The van der Waals surface area contributed by atoms with E-state index in [1.807, 2.05) is 0 Å². The summed E-state index contributed by atoms with van der Waals surface area (Å²) in [7, 11) is 2.80. The molecule has 1 N–H and O–H groups in total.